The molecule has 1 aliphatic rings. The molecule has 16 heavy (non-hydrogen) atoms. The van der Waals surface area contributed by atoms with Crippen molar-refractivity contribution in [1.29, 1.82) is 0 Å². The molecular weight excluding hydrogens is 264 g/mol. The third-order valence-electron chi connectivity index (χ3n) is 2.94. The molecule has 1 N–H and O–H groups in total. The van der Waals surface area contributed by atoms with Crippen LogP contribution in [0.15, 0.2) is 28.7 Å². The van der Waals surface area contributed by atoms with Gasteiger partial charge in [0.25, 0.3) is 0 Å². The molecule has 0 fully saturated rings. The first-order chi connectivity index (χ1) is 7.53. The van der Waals surface area contributed by atoms with Gasteiger partial charge in [-0.25, -0.2) is 4.98 Å². The van der Waals surface area contributed by atoms with E-state index in [9.17, 15) is 0 Å². The van der Waals surface area contributed by atoms with Gasteiger partial charge in [0, 0.05) is 15.4 Å². The van der Waals surface area contributed by atoms with Crippen molar-refractivity contribution in [1.82, 2.24) is 4.98 Å². The highest BCUT2D eigenvalue weighted by atomic mass is 79.9. The second kappa shape index (κ2) is 3.20. The maximum absolute atomic E-state index is 4.66. The number of halogens is 1. The van der Waals surface area contributed by atoms with Crippen LogP contribution < -0.4 is 5.32 Å². The summed E-state index contributed by atoms with van der Waals surface area (Å²) in [7, 11) is 0. The van der Waals surface area contributed by atoms with Gasteiger partial charge in [-0.1, -0.05) is 15.9 Å². The van der Waals surface area contributed by atoms with Gasteiger partial charge >= 0.3 is 0 Å². The average Bonchev–Trinajstić information content (AvgIpc) is 2.47. The summed E-state index contributed by atoms with van der Waals surface area (Å²) in [6, 6.07) is 8.44. The lowest BCUT2D eigenvalue weighted by atomic mass is 10.0. The second-order valence-corrected chi connectivity index (χ2v) is 5.93. The molecule has 2 nitrogen and oxygen atoms in total. The quantitative estimate of drug-likeness (QED) is 0.793. The van der Waals surface area contributed by atoms with Gasteiger partial charge in [0.05, 0.1) is 5.52 Å². The third-order valence-corrected chi connectivity index (χ3v) is 3.44. The summed E-state index contributed by atoms with van der Waals surface area (Å²) in [4.78, 5) is 4.66. The maximum atomic E-state index is 4.66. The molecular formula is C13H13BrN2. The summed E-state index contributed by atoms with van der Waals surface area (Å²) >= 11 is 3.49. The number of benzene rings is 1. The normalized spacial score (nSPS) is 17.2. The molecule has 0 amide bonds. The minimum absolute atomic E-state index is 0.129. The van der Waals surface area contributed by atoms with Crippen LogP contribution in [0.1, 0.15) is 19.4 Å². The molecule has 2 heterocycles. The van der Waals surface area contributed by atoms with Crippen LogP contribution in [-0.2, 0) is 6.42 Å². The van der Waals surface area contributed by atoms with Crippen molar-refractivity contribution in [2.45, 2.75) is 25.8 Å². The van der Waals surface area contributed by atoms with Crippen LogP contribution in [0.25, 0.3) is 10.9 Å². The summed E-state index contributed by atoms with van der Waals surface area (Å²) < 4.78 is 1.10. The van der Waals surface area contributed by atoms with E-state index < -0.39 is 0 Å². The van der Waals surface area contributed by atoms with Crippen molar-refractivity contribution >= 4 is 32.7 Å². The molecule has 0 aliphatic carbocycles. The largest absolute Gasteiger partial charge is 0.365 e. The molecule has 0 unspecified atom stereocenters. The standard InChI is InChI=1S/C13H13BrN2/c1-13(2)7-9-5-8-6-10(14)3-4-11(8)15-12(9)16-13/h3-6H,7H2,1-2H3,(H,15,16). The number of hydrogen-bond donors (Lipinski definition) is 1. The Morgan fingerprint density at radius 1 is 1.31 bits per heavy atom. The number of anilines is 1. The maximum Gasteiger partial charge on any atom is 0.130 e. The summed E-state index contributed by atoms with van der Waals surface area (Å²) in [5.74, 6) is 1.04. The van der Waals surface area contributed by atoms with E-state index in [1.807, 2.05) is 12.1 Å². The number of nitrogens with zero attached hydrogens (tertiary/aromatic N) is 1. The molecule has 1 aromatic carbocycles. The second-order valence-electron chi connectivity index (χ2n) is 5.02. The topological polar surface area (TPSA) is 24.9 Å². The van der Waals surface area contributed by atoms with E-state index in [0.717, 1.165) is 22.2 Å². The van der Waals surface area contributed by atoms with Gasteiger partial charge in [-0.05, 0) is 50.1 Å². The first kappa shape index (κ1) is 10.1. The van der Waals surface area contributed by atoms with Crippen molar-refractivity contribution < 1.29 is 0 Å². The Bertz CT molecular complexity index is 575. The Balaban J connectivity index is 2.22. The monoisotopic (exact) mass is 276 g/mol. The molecule has 2 aromatic rings. The van der Waals surface area contributed by atoms with E-state index in [1.165, 1.54) is 10.9 Å². The summed E-state index contributed by atoms with van der Waals surface area (Å²) in [5, 5.41) is 4.66. The summed E-state index contributed by atoms with van der Waals surface area (Å²) in [5.41, 5.74) is 2.49. The van der Waals surface area contributed by atoms with Gasteiger partial charge in [0.2, 0.25) is 0 Å². The molecule has 3 rings (SSSR count). The van der Waals surface area contributed by atoms with Crippen LogP contribution in [0.2, 0.25) is 0 Å². The Kier molecular flexibility index (Phi) is 2.02. The van der Waals surface area contributed by atoms with E-state index in [1.54, 1.807) is 0 Å². The fraction of sp³-hybridized carbons (Fsp3) is 0.308. The van der Waals surface area contributed by atoms with Crippen LogP contribution >= 0.6 is 15.9 Å². The number of pyridine rings is 1. The fourth-order valence-electron chi connectivity index (χ4n) is 2.27. The lowest BCUT2D eigenvalue weighted by Crippen LogP contribution is -2.27. The average molecular weight is 277 g/mol. The van der Waals surface area contributed by atoms with E-state index in [-0.39, 0.29) is 5.54 Å². The van der Waals surface area contributed by atoms with Crippen molar-refractivity contribution in [2.75, 3.05) is 5.32 Å². The number of fused-ring (bicyclic) bond motifs is 2. The third kappa shape index (κ3) is 1.59. The van der Waals surface area contributed by atoms with Crippen LogP contribution in [-0.4, -0.2) is 10.5 Å². The zero-order chi connectivity index (χ0) is 11.3. The van der Waals surface area contributed by atoms with Gasteiger partial charge < -0.3 is 5.32 Å². The Morgan fingerprint density at radius 3 is 2.94 bits per heavy atom. The Morgan fingerprint density at radius 2 is 2.12 bits per heavy atom. The molecule has 0 bridgehead atoms. The first-order valence-corrected chi connectivity index (χ1v) is 6.20. The molecule has 1 aliphatic heterocycles. The van der Waals surface area contributed by atoms with Gasteiger partial charge in [0.1, 0.15) is 5.82 Å². The van der Waals surface area contributed by atoms with Gasteiger partial charge in [0.15, 0.2) is 0 Å². The molecule has 3 heteroatoms. The number of aromatic nitrogens is 1. The summed E-state index contributed by atoms with van der Waals surface area (Å²) in [6.45, 7) is 4.41. The lowest BCUT2D eigenvalue weighted by molar-refractivity contribution is 0.593. The Hall–Kier alpha value is -1.09. The number of nitrogens with one attached hydrogen (secondary N) is 1. The SMILES string of the molecule is CC1(C)Cc2cc3cc(Br)ccc3nc2N1. The first-order valence-electron chi connectivity index (χ1n) is 5.41. The summed E-state index contributed by atoms with van der Waals surface area (Å²) in [6.07, 6.45) is 1.04. The van der Waals surface area contributed by atoms with Crippen LogP contribution in [0.5, 0.6) is 0 Å². The predicted molar refractivity (Wildman–Crippen MR) is 70.8 cm³/mol. The smallest absolute Gasteiger partial charge is 0.130 e. The van der Waals surface area contributed by atoms with E-state index in [0.29, 0.717) is 0 Å². The highest BCUT2D eigenvalue weighted by molar-refractivity contribution is 9.10. The van der Waals surface area contributed by atoms with Crippen molar-refractivity contribution in [3.05, 3.63) is 34.3 Å². The van der Waals surface area contributed by atoms with E-state index >= 15 is 0 Å². The molecule has 0 radical (unpaired) electrons. The fourth-order valence-corrected chi connectivity index (χ4v) is 2.65. The highest BCUT2D eigenvalue weighted by Crippen LogP contribution is 2.33. The predicted octanol–water partition coefficient (Wildman–Crippen LogP) is 3.74. The van der Waals surface area contributed by atoms with Crippen molar-refractivity contribution in [3.8, 4) is 0 Å². The van der Waals surface area contributed by atoms with Crippen LogP contribution in [0.3, 0.4) is 0 Å². The number of rotatable bonds is 0. The van der Waals surface area contributed by atoms with Crippen LogP contribution in [0, 0.1) is 0 Å². The van der Waals surface area contributed by atoms with Gasteiger partial charge in [-0.3, -0.25) is 0 Å². The zero-order valence-electron chi connectivity index (χ0n) is 9.34. The molecule has 0 spiro atoms. The molecule has 1 aromatic heterocycles. The zero-order valence-corrected chi connectivity index (χ0v) is 10.9. The Labute approximate surface area is 103 Å². The molecule has 82 valence electrons. The molecule has 0 atom stereocenters. The minimum atomic E-state index is 0.129. The highest BCUT2D eigenvalue weighted by Gasteiger charge is 2.28. The minimum Gasteiger partial charge on any atom is -0.365 e. The van der Waals surface area contributed by atoms with Gasteiger partial charge in [-0.2, -0.15) is 0 Å². The number of hydrogen-bond acceptors (Lipinski definition) is 2. The van der Waals surface area contributed by atoms with E-state index in [4.69, 9.17) is 0 Å². The van der Waals surface area contributed by atoms with E-state index in [2.05, 4.69) is 52.2 Å². The van der Waals surface area contributed by atoms with Crippen molar-refractivity contribution in [2.24, 2.45) is 0 Å². The van der Waals surface area contributed by atoms with Crippen molar-refractivity contribution in [3.63, 3.8) is 0 Å². The molecule has 0 saturated heterocycles. The lowest BCUT2D eigenvalue weighted by Gasteiger charge is -2.17. The van der Waals surface area contributed by atoms with Gasteiger partial charge in [-0.15, -0.1) is 0 Å². The molecule has 0 saturated carbocycles. The van der Waals surface area contributed by atoms with Crippen LogP contribution in [0.4, 0.5) is 5.82 Å².